The van der Waals surface area contributed by atoms with Crippen LogP contribution in [0, 0.1) is 6.92 Å². The molecule has 2 aromatic rings. The van der Waals surface area contributed by atoms with Crippen molar-refractivity contribution < 1.29 is 9.47 Å². The summed E-state index contributed by atoms with van der Waals surface area (Å²) in [4.78, 5) is 15.3. The van der Waals surface area contributed by atoms with Crippen LogP contribution in [0.1, 0.15) is 17.9 Å². The van der Waals surface area contributed by atoms with Gasteiger partial charge in [-0.3, -0.25) is 0 Å². The third kappa shape index (κ3) is 3.97. The van der Waals surface area contributed by atoms with E-state index in [1.165, 1.54) is 11.5 Å². The fourth-order valence-corrected chi connectivity index (χ4v) is 3.41. The Balaban J connectivity index is 1.67. The fourth-order valence-electron chi connectivity index (χ4n) is 2.83. The zero-order valence-electron chi connectivity index (χ0n) is 14.1. The third-order valence-corrected chi connectivity index (χ3v) is 4.73. The summed E-state index contributed by atoms with van der Waals surface area (Å²) in [5.41, 5.74) is 0.959. The molecule has 1 aliphatic rings. The molecule has 0 amide bonds. The monoisotopic (exact) mass is 350 g/mol. The molecule has 1 aliphatic heterocycles. The lowest BCUT2D eigenvalue weighted by molar-refractivity contribution is 0.118. The van der Waals surface area contributed by atoms with Crippen LogP contribution in [0.2, 0.25) is 0 Å². The van der Waals surface area contributed by atoms with E-state index in [0.29, 0.717) is 12.4 Å². The summed E-state index contributed by atoms with van der Waals surface area (Å²) in [6, 6.07) is 2.28. The number of methoxy groups -OCH3 is 2. The highest BCUT2D eigenvalue weighted by Gasteiger charge is 2.33. The number of ether oxygens (including phenoxy) is 2. The molecule has 0 saturated carbocycles. The van der Waals surface area contributed by atoms with Gasteiger partial charge in [0.25, 0.3) is 0 Å². The minimum atomic E-state index is 0.200. The Morgan fingerprint density at radius 2 is 2.25 bits per heavy atom. The van der Waals surface area contributed by atoms with E-state index in [0.717, 1.165) is 36.2 Å². The molecule has 0 bridgehead atoms. The highest BCUT2D eigenvalue weighted by Crippen LogP contribution is 2.26. The first-order valence-electron chi connectivity index (χ1n) is 7.83. The quantitative estimate of drug-likeness (QED) is 0.804. The Morgan fingerprint density at radius 1 is 1.38 bits per heavy atom. The number of rotatable bonds is 7. The van der Waals surface area contributed by atoms with Crippen molar-refractivity contribution in [3.8, 4) is 0 Å². The standard InChI is InChI=1S/C15H22N6O2S/c1-10-4-14(18-9-17-10)21-7-12(23-3)5-11(21)6-16-15-19-13(8-22-2)20-24-15/h4,9,11-12H,5-8H2,1-3H3,(H,16,19,20)/t11-,12-/m1/s1. The Bertz CT molecular complexity index is 667. The van der Waals surface area contributed by atoms with E-state index in [1.54, 1.807) is 20.5 Å². The van der Waals surface area contributed by atoms with E-state index in [1.807, 2.05) is 13.0 Å². The van der Waals surface area contributed by atoms with Crippen LogP contribution in [0.4, 0.5) is 10.9 Å². The zero-order valence-corrected chi connectivity index (χ0v) is 14.9. The highest BCUT2D eigenvalue weighted by molar-refractivity contribution is 7.09. The summed E-state index contributed by atoms with van der Waals surface area (Å²) in [6.07, 6.45) is 2.75. The van der Waals surface area contributed by atoms with E-state index in [2.05, 4.69) is 29.5 Å². The average Bonchev–Trinajstić information content (AvgIpc) is 3.20. The van der Waals surface area contributed by atoms with Gasteiger partial charge in [-0.2, -0.15) is 4.37 Å². The molecule has 3 heterocycles. The lowest BCUT2D eigenvalue weighted by atomic mass is 10.2. The predicted octanol–water partition coefficient (Wildman–Crippen LogP) is 1.49. The predicted molar refractivity (Wildman–Crippen MR) is 92.4 cm³/mol. The summed E-state index contributed by atoms with van der Waals surface area (Å²) in [5, 5.41) is 4.18. The number of nitrogens with one attached hydrogen (secondary N) is 1. The number of aromatic nitrogens is 4. The Hall–Kier alpha value is -1.84. The number of hydrogen-bond donors (Lipinski definition) is 1. The molecule has 130 valence electrons. The molecule has 0 radical (unpaired) electrons. The van der Waals surface area contributed by atoms with Gasteiger partial charge in [0.1, 0.15) is 18.8 Å². The van der Waals surface area contributed by atoms with Crippen molar-refractivity contribution in [3.05, 3.63) is 23.9 Å². The molecule has 8 nitrogen and oxygen atoms in total. The topological polar surface area (TPSA) is 85.3 Å². The van der Waals surface area contributed by atoms with Crippen LogP contribution in [0.3, 0.4) is 0 Å². The van der Waals surface area contributed by atoms with Crippen molar-refractivity contribution in [2.45, 2.75) is 32.1 Å². The summed E-state index contributed by atoms with van der Waals surface area (Å²) >= 11 is 1.35. The Kier molecular flexibility index (Phi) is 5.54. The number of nitrogens with zero attached hydrogens (tertiary/aromatic N) is 5. The number of anilines is 2. The van der Waals surface area contributed by atoms with Gasteiger partial charge in [-0.1, -0.05) is 0 Å². The molecule has 1 N–H and O–H groups in total. The molecule has 2 atom stereocenters. The first kappa shape index (κ1) is 17.0. The third-order valence-electron chi connectivity index (χ3n) is 4.02. The smallest absolute Gasteiger partial charge is 0.202 e. The molecular formula is C15H22N6O2S. The van der Waals surface area contributed by atoms with Crippen molar-refractivity contribution in [2.75, 3.05) is 37.5 Å². The molecule has 1 fully saturated rings. The minimum Gasteiger partial charge on any atom is -0.380 e. The van der Waals surface area contributed by atoms with Gasteiger partial charge >= 0.3 is 0 Å². The molecular weight excluding hydrogens is 328 g/mol. The second-order valence-corrected chi connectivity index (χ2v) is 6.50. The SMILES string of the molecule is COCc1nsc(NC[C@H]2C[C@@H](OC)CN2c2cc(C)ncn2)n1. The molecule has 0 spiro atoms. The molecule has 0 unspecified atom stereocenters. The van der Waals surface area contributed by atoms with Crippen LogP contribution in [-0.4, -0.2) is 58.8 Å². The van der Waals surface area contributed by atoms with Gasteiger partial charge in [0.2, 0.25) is 5.13 Å². The van der Waals surface area contributed by atoms with Crippen LogP contribution < -0.4 is 10.2 Å². The van der Waals surface area contributed by atoms with Gasteiger partial charge < -0.3 is 19.7 Å². The van der Waals surface area contributed by atoms with Crippen LogP contribution in [0.5, 0.6) is 0 Å². The summed E-state index contributed by atoms with van der Waals surface area (Å²) in [7, 11) is 3.39. The van der Waals surface area contributed by atoms with Gasteiger partial charge in [0.05, 0.1) is 12.1 Å². The summed E-state index contributed by atoms with van der Waals surface area (Å²) in [5.74, 6) is 1.64. The van der Waals surface area contributed by atoms with Crippen LogP contribution in [0.25, 0.3) is 0 Å². The van der Waals surface area contributed by atoms with Crippen molar-refractivity contribution in [3.63, 3.8) is 0 Å². The molecule has 9 heteroatoms. The Morgan fingerprint density at radius 3 is 3.00 bits per heavy atom. The first-order chi connectivity index (χ1) is 11.7. The lowest BCUT2D eigenvalue weighted by Gasteiger charge is -2.25. The van der Waals surface area contributed by atoms with Gasteiger partial charge in [-0.05, 0) is 13.3 Å². The summed E-state index contributed by atoms with van der Waals surface area (Å²) < 4.78 is 14.9. The maximum absolute atomic E-state index is 5.56. The largest absolute Gasteiger partial charge is 0.380 e. The van der Waals surface area contributed by atoms with Crippen LogP contribution in [0.15, 0.2) is 12.4 Å². The minimum absolute atomic E-state index is 0.200. The van der Waals surface area contributed by atoms with E-state index < -0.39 is 0 Å². The van der Waals surface area contributed by atoms with E-state index >= 15 is 0 Å². The number of aryl methyl sites for hydroxylation is 1. The van der Waals surface area contributed by atoms with Gasteiger partial charge in [0.15, 0.2) is 5.82 Å². The van der Waals surface area contributed by atoms with Crippen molar-refractivity contribution in [1.82, 2.24) is 19.3 Å². The van der Waals surface area contributed by atoms with Gasteiger partial charge in [0, 0.05) is 50.6 Å². The van der Waals surface area contributed by atoms with Gasteiger partial charge in [-0.15, -0.1) is 0 Å². The van der Waals surface area contributed by atoms with E-state index in [4.69, 9.17) is 9.47 Å². The molecule has 3 rings (SSSR count). The maximum atomic E-state index is 5.56. The average molecular weight is 350 g/mol. The fraction of sp³-hybridized carbons (Fsp3) is 0.600. The second-order valence-electron chi connectivity index (χ2n) is 5.75. The summed E-state index contributed by atoms with van der Waals surface area (Å²) in [6.45, 7) is 3.98. The number of hydrogen-bond acceptors (Lipinski definition) is 9. The first-order valence-corrected chi connectivity index (χ1v) is 8.60. The van der Waals surface area contributed by atoms with Crippen LogP contribution >= 0.6 is 11.5 Å². The van der Waals surface area contributed by atoms with Gasteiger partial charge in [-0.25, -0.2) is 15.0 Å². The molecule has 2 aromatic heterocycles. The van der Waals surface area contributed by atoms with E-state index in [-0.39, 0.29) is 12.1 Å². The van der Waals surface area contributed by atoms with Crippen LogP contribution in [-0.2, 0) is 16.1 Å². The zero-order chi connectivity index (χ0) is 16.9. The lowest BCUT2D eigenvalue weighted by Crippen LogP contribution is -2.35. The Labute approximate surface area is 145 Å². The molecule has 24 heavy (non-hydrogen) atoms. The van der Waals surface area contributed by atoms with E-state index in [9.17, 15) is 0 Å². The normalized spacial score (nSPS) is 20.5. The van der Waals surface area contributed by atoms with Crippen molar-refractivity contribution in [1.29, 1.82) is 0 Å². The van der Waals surface area contributed by atoms with Crippen molar-refractivity contribution >= 4 is 22.5 Å². The molecule has 0 aromatic carbocycles. The highest BCUT2D eigenvalue weighted by atomic mass is 32.1. The van der Waals surface area contributed by atoms with Crippen molar-refractivity contribution in [2.24, 2.45) is 0 Å². The maximum Gasteiger partial charge on any atom is 0.202 e. The molecule has 1 saturated heterocycles. The second kappa shape index (κ2) is 7.82. The molecule has 0 aliphatic carbocycles.